The Hall–Kier alpha value is -1.22. The van der Waals surface area contributed by atoms with Crippen molar-refractivity contribution < 1.29 is 4.79 Å². The molecule has 0 radical (unpaired) electrons. The first-order valence-electron chi connectivity index (χ1n) is 5.81. The lowest BCUT2D eigenvalue weighted by Crippen LogP contribution is -1.92. The first-order valence-corrected chi connectivity index (χ1v) is 7.41. The predicted molar refractivity (Wildman–Crippen MR) is 90.3 cm³/mol. The number of carbonyl (C=O) groups is 1. The Morgan fingerprint density at radius 3 is 2.20 bits per heavy atom. The number of halogens is 2. The van der Waals surface area contributed by atoms with Crippen LogP contribution in [-0.2, 0) is 0 Å². The molecule has 0 unspecified atom stereocenters. The van der Waals surface area contributed by atoms with Crippen LogP contribution in [-0.4, -0.2) is 12.0 Å². The molecule has 104 valence electrons. The number of benzene rings is 2. The fraction of sp³-hybridized carbons (Fsp3) is 0.0625. The molecule has 1 nitrogen and oxygen atoms in total. The van der Waals surface area contributed by atoms with Crippen LogP contribution in [0, 0.1) is 0 Å². The minimum atomic E-state index is -0.0226. The van der Waals surface area contributed by atoms with Crippen LogP contribution in [0.3, 0.4) is 0 Å². The summed E-state index contributed by atoms with van der Waals surface area (Å²) >= 11 is 7.48. The van der Waals surface area contributed by atoms with Crippen molar-refractivity contribution in [3.63, 3.8) is 0 Å². The second-order valence-electron chi connectivity index (χ2n) is 3.98. The normalized spacial score (nSPS) is 10.3. The van der Waals surface area contributed by atoms with Gasteiger partial charge in [0.25, 0.3) is 0 Å². The van der Waals surface area contributed by atoms with Crippen molar-refractivity contribution in [2.24, 2.45) is 0 Å². The van der Waals surface area contributed by atoms with Crippen molar-refractivity contribution in [2.75, 3.05) is 6.26 Å². The van der Waals surface area contributed by atoms with Gasteiger partial charge < -0.3 is 0 Å². The lowest BCUT2D eigenvalue weighted by molar-refractivity contribution is 0.104. The summed E-state index contributed by atoms with van der Waals surface area (Å²) in [6.07, 6.45) is 5.44. The van der Waals surface area contributed by atoms with Gasteiger partial charge in [0, 0.05) is 15.5 Å². The van der Waals surface area contributed by atoms with E-state index in [1.165, 1.54) is 4.90 Å². The second kappa shape index (κ2) is 8.15. The van der Waals surface area contributed by atoms with Gasteiger partial charge in [-0.2, -0.15) is 0 Å². The van der Waals surface area contributed by atoms with E-state index in [-0.39, 0.29) is 18.2 Å². The van der Waals surface area contributed by atoms with Gasteiger partial charge in [-0.3, -0.25) is 4.79 Å². The van der Waals surface area contributed by atoms with Crippen LogP contribution in [0.1, 0.15) is 15.9 Å². The first kappa shape index (κ1) is 16.8. The molecule has 0 bridgehead atoms. The molecule has 0 aliphatic heterocycles. The summed E-state index contributed by atoms with van der Waals surface area (Å²) < 4.78 is 0. The maximum atomic E-state index is 11.9. The fourth-order valence-corrected chi connectivity index (χ4v) is 2.13. The lowest BCUT2D eigenvalue weighted by Gasteiger charge is -1.98. The van der Waals surface area contributed by atoms with Crippen molar-refractivity contribution in [2.45, 2.75) is 4.90 Å². The standard InChI is InChI=1S/C16H13ClOS.ClH/c1-19-15-9-2-12(3-10-15)4-11-16(18)13-5-7-14(17)8-6-13;/h2-11H,1H3;1H. The molecule has 0 atom stereocenters. The maximum Gasteiger partial charge on any atom is 0.185 e. The van der Waals surface area contributed by atoms with Gasteiger partial charge in [0.2, 0.25) is 0 Å². The Kier molecular flexibility index (Phi) is 6.86. The van der Waals surface area contributed by atoms with Gasteiger partial charge in [-0.15, -0.1) is 24.2 Å². The van der Waals surface area contributed by atoms with Crippen LogP contribution in [0.25, 0.3) is 6.08 Å². The Balaban J connectivity index is 0.00000200. The van der Waals surface area contributed by atoms with Crippen LogP contribution < -0.4 is 0 Å². The highest BCUT2D eigenvalue weighted by atomic mass is 35.5. The van der Waals surface area contributed by atoms with Gasteiger partial charge in [0.05, 0.1) is 0 Å². The molecule has 0 fully saturated rings. The number of rotatable bonds is 4. The first-order chi connectivity index (χ1) is 9.19. The van der Waals surface area contributed by atoms with Crippen molar-refractivity contribution >= 4 is 47.6 Å². The van der Waals surface area contributed by atoms with Gasteiger partial charge >= 0.3 is 0 Å². The molecular weight excluding hydrogens is 311 g/mol. The minimum absolute atomic E-state index is 0. The van der Waals surface area contributed by atoms with Crippen LogP contribution in [0.2, 0.25) is 5.02 Å². The average molecular weight is 325 g/mol. The van der Waals surface area contributed by atoms with E-state index in [4.69, 9.17) is 11.6 Å². The molecule has 0 aliphatic rings. The van der Waals surface area contributed by atoms with Crippen molar-refractivity contribution in [1.82, 2.24) is 0 Å². The van der Waals surface area contributed by atoms with E-state index in [1.54, 1.807) is 42.1 Å². The summed E-state index contributed by atoms with van der Waals surface area (Å²) in [6, 6.07) is 15.0. The molecule has 0 aromatic heterocycles. The topological polar surface area (TPSA) is 17.1 Å². The molecule has 2 aromatic carbocycles. The zero-order chi connectivity index (χ0) is 13.7. The number of hydrogen-bond donors (Lipinski definition) is 0. The Morgan fingerprint density at radius 2 is 1.65 bits per heavy atom. The molecule has 0 spiro atoms. The van der Waals surface area contributed by atoms with Gasteiger partial charge in [0.1, 0.15) is 0 Å². The molecule has 4 heteroatoms. The second-order valence-corrected chi connectivity index (χ2v) is 5.29. The molecule has 0 heterocycles. The minimum Gasteiger partial charge on any atom is -0.289 e. The van der Waals surface area contributed by atoms with E-state index in [1.807, 2.05) is 36.6 Å². The number of carbonyl (C=O) groups excluding carboxylic acids is 1. The third-order valence-electron chi connectivity index (χ3n) is 2.67. The SMILES string of the molecule is CSc1ccc(C=CC(=O)c2ccc(Cl)cc2)cc1.Cl. The Labute approximate surface area is 134 Å². The van der Waals surface area contributed by atoms with Crippen LogP contribution in [0.5, 0.6) is 0 Å². The summed E-state index contributed by atoms with van der Waals surface area (Å²) in [4.78, 5) is 13.1. The number of allylic oxidation sites excluding steroid dienone is 1. The van der Waals surface area contributed by atoms with Crippen LogP contribution in [0.4, 0.5) is 0 Å². The van der Waals surface area contributed by atoms with E-state index >= 15 is 0 Å². The quantitative estimate of drug-likeness (QED) is 0.426. The monoisotopic (exact) mass is 324 g/mol. The van der Waals surface area contributed by atoms with Gasteiger partial charge in [-0.25, -0.2) is 0 Å². The van der Waals surface area contributed by atoms with E-state index in [0.29, 0.717) is 10.6 Å². The van der Waals surface area contributed by atoms with E-state index in [2.05, 4.69) is 0 Å². The van der Waals surface area contributed by atoms with Crippen LogP contribution >= 0.6 is 35.8 Å². The highest BCUT2D eigenvalue weighted by Gasteiger charge is 2.00. The van der Waals surface area contributed by atoms with Gasteiger partial charge in [-0.1, -0.05) is 29.8 Å². The molecular formula is C16H14Cl2OS. The summed E-state index contributed by atoms with van der Waals surface area (Å²) in [5.41, 5.74) is 1.65. The third kappa shape index (κ3) is 4.71. The fourth-order valence-electron chi connectivity index (χ4n) is 1.60. The lowest BCUT2D eigenvalue weighted by atomic mass is 10.1. The summed E-state index contributed by atoms with van der Waals surface area (Å²) in [6.45, 7) is 0. The Bertz CT molecular complexity index is 589. The molecule has 0 N–H and O–H groups in total. The average Bonchev–Trinajstić information content (AvgIpc) is 2.46. The summed E-state index contributed by atoms with van der Waals surface area (Å²) in [5.74, 6) is -0.0226. The molecule has 2 aromatic rings. The largest absolute Gasteiger partial charge is 0.289 e. The smallest absolute Gasteiger partial charge is 0.185 e. The van der Waals surface area contributed by atoms with Crippen LogP contribution in [0.15, 0.2) is 59.5 Å². The molecule has 20 heavy (non-hydrogen) atoms. The van der Waals surface area contributed by atoms with E-state index in [9.17, 15) is 4.79 Å². The highest BCUT2D eigenvalue weighted by Crippen LogP contribution is 2.16. The van der Waals surface area contributed by atoms with Crippen molar-refractivity contribution in [1.29, 1.82) is 0 Å². The van der Waals surface area contributed by atoms with E-state index < -0.39 is 0 Å². The molecule has 0 aliphatic carbocycles. The van der Waals surface area contributed by atoms with E-state index in [0.717, 1.165) is 5.56 Å². The molecule has 2 rings (SSSR count). The van der Waals surface area contributed by atoms with Crippen molar-refractivity contribution in [3.8, 4) is 0 Å². The molecule has 0 amide bonds. The zero-order valence-corrected chi connectivity index (χ0v) is 13.3. The van der Waals surface area contributed by atoms with Crippen molar-refractivity contribution in [3.05, 3.63) is 70.8 Å². The van der Waals surface area contributed by atoms with Gasteiger partial charge in [-0.05, 0) is 54.3 Å². The number of thioether (sulfide) groups is 1. The zero-order valence-electron chi connectivity index (χ0n) is 10.9. The number of ketones is 1. The molecule has 0 saturated heterocycles. The Morgan fingerprint density at radius 1 is 1.05 bits per heavy atom. The summed E-state index contributed by atoms with van der Waals surface area (Å²) in [5, 5.41) is 0.633. The number of hydrogen-bond acceptors (Lipinski definition) is 2. The molecule has 0 saturated carbocycles. The predicted octanol–water partition coefficient (Wildman–Crippen LogP) is 5.38. The summed E-state index contributed by atoms with van der Waals surface area (Å²) in [7, 11) is 0. The maximum absolute atomic E-state index is 11.9. The highest BCUT2D eigenvalue weighted by molar-refractivity contribution is 7.98. The van der Waals surface area contributed by atoms with Gasteiger partial charge in [0.15, 0.2) is 5.78 Å². The third-order valence-corrected chi connectivity index (χ3v) is 3.67.